The second-order valence-electron chi connectivity index (χ2n) is 4.82. The van der Waals surface area contributed by atoms with Gasteiger partial charge in [-0.3, -0.25) is 4.79 Å². The summed E-state index contributed by atoms with van der Waals surface area (Å²) in [5.74, 6) is 1.19. The summed E-state index contributed by atoms with van der Waals surface area (Å²) < 4.78 is 48.1. The van der Waals surface area contributed by atoms with E-state index in [1.807, 2.05) is 0 Å². The van der Waals surface area contributed by atoms with Crippen molar-refractivity contribution in [1.29, 1.82) is 0 Å². The fraction of sp³-hybridized carbons (Fsp3) is 0.333. The van der Waals surface area contributed by atoms with Crippen LogP contribution in [0, 0.1) is 0 Å². The predicted molar refractivity (Wildman–Crippen MR) is 76.7 cm³/mol. The first-order valence-electron chi connectivity index (χ1n) is 6.72. The van der Waals surface area contributed by atoms with Crippen molar-refractivity contribution in [2.24, 2.45) is 0 Å². The van der Waals surface area contributed by atoms with E-state index in [0.717, 1.165) is 18.3 Å². The summed E-state index contributed by atoms with van der Waals surface area (Å²) in [6.45, 7) is 1.54. The molecule has 1 aromatic rings. The molecule has 0 N–H and O–H groups in total. The highest BCUT2D eigenvalue weighted by molar-refractivity contribution is 6.64. The molecule has 0 unspecified atom stereocenters. The lowest BCUT2D eigenvalue weighted by atomic mass is 10.1. The second-order valence-corrected chi connectivity index (χ2v) is 5.19. The Morgan fingerprint density at radius 1 is 1.26 bits per heavy atom. The summed E-state index contributed by atoms with van der Waals surface area (Å²) >= 11 is 5.31. The third-order valence-corrected chi connectivity index (χ3v) is 3.33. The highest BCUT2D eigenvalue weighted by atomic mass is 35.5. The molecule has 1 aliphatic rings. The average Bonchev–Trinajstić information content (AvgIpc) is 2.49. The van der Waals surface area contributed by atoms with Gasteiger partial charge < -0.3 is 9.47 Å². The molecule has 0 saturated heterocycles. The maximum absolute atomic E-state index is 12.4. The monoisotopic (exact) mass is 347 g/mol. The number of hydrogen-bond donors (Lipinski definition) is 0. The van der Waals surface area contributed by atoms with Crippen LogP contribution in [0.2, 0.25) is 0 Å². The molecule has 0 aromatic carbocycles. The predicted octanol–water partition coefficient (Wildman–Crippen LogP) is 4.21. The molecular weight excluding hydrogens is 335 g/mol. The Hall–Kier alpha value is -2.02. The van der Waals surface area contributed by atoms with Crippen LogP contribution >= 0.6 is 11.6 Å². The summed E-state index contributed by atoms with van der Waals surface area (Å²) in [6, 6.07) is 2.07. The van der Waals surface area contributed by atoms with E-state index in [0.29, 0.717) is 24.4 Å². The lowest BCUT2D eigenvalue weighted by Crippen LogP contribution is -2.16. The molecule has 0 saturated carbocycles. The molecule has 124 valence electrons. The molecule has 4 nitrogen and oxygen atoms in total. The van der Waals surface area contributed by atoms with Gasteiger partial charge in [-0.1, -0.05) is 0 Å². The Morgan fingerprint density at radius 3 is 2.39 bits per heavy atom. The minimum atomic E-state index is -4.43. The molecule has 8 heteroatoms. The summed E-state index contributed by atoms with van der Waals surface area (Å²) in [6.07, 6.45) is -0.255. The van der Waals surface area contributed by atoms with Gasteiger partial charge in [-0.2, -0.15) is 13.2 Å². The van der Waals surface area contributed by atoms with Gasteiger partial charge in [-0.25, -0.2) is 4.98 Å². The van der Waals surface area contributed by atoms with Gasteiger partial charge in [-0.05, 0) is 36.7 Å². The fourth-order valence-electron chi connectivity index (χ4n) is 1.80. The van der Waals surface area contributed by atoms with E-state index in [9.17, 15) is 18.0 Å². The van der Waals surface area contributed by atoms with Crippen LogP contribution in [0.5, 0.6) is 5.88 Å². The fourth-order valence-corrected chi connectivity index (χ4v) is 1.84. The quantitative estimate of drug-likeness (QED) is 0.749. The van der Waals surface area contributed by atoms with Crippen molar-refractivity contribution in [3.63, 3.8) is 0 Å². The Labute approximate surface area is 135 Å². The average molecular weight is 348 g/mol. The van der Waals surface area contributed by atoms with Crippen LogP contribution in [0.15, 0.2) is 42.0 Å². The maximum atomic E-state index is 12.4. The number of aromatic nitrogens is 1. The van der Waals surface area contributed by atoms with Crippen molar-refractivity contribution >= 4 is 16.8 Å². The maximum Gasteiger partial charge on any atom is 0.417 e. The van der Waals surface area contributed by atoms with E-state index in [-0.39, 0.29) is 5.88 Å². The van der Waals surface area contributed by atoms with Crippen LogP contribution in [0.25, 0.3) is 0 Å². The van der Waals surface area contributed by atoms with Gasteiger partial charge >= 0.3 is 6.18 Å². The molecule has 0 radical (unpaired) electrons. The van der Waals surface area contributed by atoms with Crippen LogP contribution in [0.4, 0.5) is 13.2 Å². The Bertz CT molecular complexity index is 638. The summed E-state index contributed by atoms with van der Waals surface area (Å²) in [7, 11) is 0. The van der Waals surface area contributed by atoms with Crippen LogP contribution in [-0.2, 0) is 15.7 Å². The Morgan fingerprint density at radius 2 is 1.91 bits per heavy atom. The van der Waals surface area contributed by atoms with E-state index in [1.54, 1.807) is 12.2 Å². The van der Waals surface area contributed by atoms with Gasteiger partial charge in [0.2, 0.25) is 5.88 Å². The second kappa shape index (κ2) is 7.04. The van der Waals surface area contributed by atoms with E-state index in [2.05, 4.69) is 4.98 Å². The smallest absolute Gasteiger partial charge is 0.417 e. The molecule has 0 spiro atoms. The SMILES string of the molecule is C[C@@H](OC1=CC=C(Oc2ccc(C(F)(F)F)cn2)CC1)C(=O)Cl. The zero-order valence-corrected chi connectivity index (χ0v) is 12.8. The zero-order valence-electron chi connectivity index (χ0n) is 12.1. The number of halogens is 4. The number of carbonyl (C=O) groups is 1. The van der Waals surface area contributed by atoms with Crippen molar-refractivity contribution in [2.45, 2.75) is 32.0 Å². The summed E-state index contributed by atoms with van der Waals surface area (Å²) in [5.41, 5.74) is -0.835. The first-order chi connectivity index (χ1) is 10.8. The van der Waals surface area contributed by atoms with E-state index < -0.39 is 23.1 Å². The molecule has 1 atom stereocenters. The molecule has 23 heavy (non-hydrogen) atoms. The van der Waals surface area contributed by atoms with Gasteiger partial charge in [0.15, 0.2) is 6.10 Å². The van der Waals surface area contributed by atoms with Crippen molar-refractivity contribution in [1.82, 2.24) is 4.98 Å². The number of hydrogen-bond acceptors (Lipinski definition) is 4. The zero-order chi connectivity index (χ0) is 17.0. The minimum absolute atomic E-state index is 0.0753. The molecular formula is C15H13ClF3NO3. The highest BCUT2D eigenvalue weighted by Crippen LogP contribution is 2.30. The van der Waals surface area contributed by atoms with Gasteiger partial charge in [0.1, 0.15) is 5.76 Å². The van der Waals surface area contributed by atoms with Crippen molar-refractivity contribution in [2.75, 3.05) is 0 Å². The number of ether oxygens (including phenoxy) is 2. The number of carbonyl (C=O) groups excluding carboxylic acids is 1. The van der Waals surface area contributed by atoms with Gasteiger partial charge in [0.05, 0.1) is 11.3 Å². The van der Waals surface area contributed by atoms with E-state index in [1.165, 1.54) is 6.92 Å². The lowest BCUT2D eigenvalue weighted by Gasteiger charge is -2.18. The number of allylic oxidation sites excluding steroid dienone is 4. The van der Waals surface area contributed by atoms with Crippen LogP contribution in [-0.4, -0.2) is 16.3 Å². The Balaban J connectivity index is 1.98. The Kier molecular flexibility index (Phi) is 5.30. The van der Waals surface area contributed by atoms with Gasteiger partial charge in [-0.15, -0.1) is 0 Å². The van der Waals surface area contributed by atoms with E-state index >= 15 is 0 Å². The number of pyridine rings is 1. The highest BCUT2D eigenvalue weighted by Gasteiger charge is 2.30. The van der Waals surface area contributed by atoms with E-state index in [4.69, 9.17) is 21.1 Å². The summed E-state index contributed by atoms with van der Waals surface area (Å²) in [5, 5.41) is -0.592. The normalized spacial score (nSPS) is 16.2. The lowest BCUT2D eigenvalue weighted by molar-refractivity contribution is -0.137. The molecule has 0 aliphatic heterocycles. The van der Waals surface area contributed by atoms with Gasteiger partial charge in [0, 0.05) is 25.1 Å². The number of nitrogens with zero attached hydrogens (tertiary/aromatic N) is 1. The number of rotatable bonds is 5. The topological polar surface area (TPSA) is 48.4 Å². The van der Waals surface area contributed by atoms with Crippen LogP contribution < -0.4 is 4.74 Å². The standard InChI is InChI=1S/C15H13ClF3NO3/c1-9(14(16)21)22-11-3-5-12(6-4-11)23-13-7-2-10(8-20-13)15(17,18)19/h2-3,5,7-9H,4,6H2,1H3/t9-/m1/s1. The van der Waals surface area contributed by atoms with Crippen LogP contribution in [0.3, 0.4) is 0 Å². The molecule has 1 heterocycles. The third kappa shape index (κ3) is 4.99. The molecule has 0 amide bonds. The third-order valence-electron chi connectivity index (χ3n) is 3.02. The first-order valence-corrected chi connectivity index (χ1v) is 7.10. The molecule has 1 aromatic heterocycles. The molecule has 0 bridgehead atoms. The van der Waals surface area contributed by atoms with Crippen molar-refractivity contribution < 1.29 is 27.4 Å². The van der Waals surface area contributed by atoms with Crippen LogP contribution in [0.1, 0.15) is 25.3 Å². The van der Waals surface area contributed by atoms with Crippen molar-refractivity contribution in [3.05, 3.63) is 47.6 Å². The van der Waals surface area contributed by atoms with Crippen molar-refractivity contribution in [3.8, 4) is 5.88 Å². The number of alkyl halides is 3. The minimum Gasteiger partial charge on any atom is -0.486 e. The molecule has 1 aliphatic carbocycles. The molecule has 0 fully saturated rings. The molecule has 2 rings (SSSR count). The summed E-state index contributed by atoms with van der Waals surface area (Å²) in [4.78, 5) is 14.5. The first kappa shape index (κ1) is 17.3. The van der Waals surface area contributed by atoms with Gasteiger partial charge in [0.25, 0.3) is 5.24 Å². The largest absolute Gasteiger partial charge is 0.486 e.